The van der Waals surface area contributed by atoms with Crippen LogP contribution in [0.2, 0.25) is 0 Å². The van der Waals surface area contributed by atoms with Crippen LogP contribution >= 0.6 is 0 Å². The molecule has 0 fully saturated rings. The fourth-order valence-electron chi connectivity index (χ4n) is 1.70. The standard InChI is InChI=1S/C15H11F2NO3/c1-21-15(20)10-7-13(12(17)8-11(10)16)18-14(19)9-5-3-2-4-6-9/h2-8H,1H3,(H,18,19). The highest BCUT2D eigenvalue weighted by atomic mass is 19.1. The zero-order chi connectivity index (χ0) is 15.4. The molecule has 4 nitrogen and oxygen atoms in total. The number of benzene rings is 2. The molecule has 2 aromatic carbocycles. The van der Waals surface area contributed by atoms with Crippen LogP contribution in [0.25, 0.3) is 0 Å². The number of hydrogen-bond donors (Lipinski definition) is 1. The molecule has 0 bridgehead atoms. The number of carbonyl (C=O) groups is 2. The molecule has 6 heteroatoms. The van der Waals surface area contributed by atoms with Crippen molar-refractivity contribution in [3.05, 3.63) is 65.2 Å². The fraction of sp³-hybridized carbons (Fsp3) is 0.0667. The van der Waals surface area contributed by atoms with Crippen LogP contribution in [0.3, 0.4) is 0 Å². The Bertz CT molecular complexity index is 687. The molecule has 2 rings (SSSR count). The van der Waals surface area contributed by atoms with E-state index in [1.54, 1.807) is 18.2 Å². The predicted octanol–water partition coefficient (Wildman–Crippen LogP) is 3.00. The minimum absolute atomic E-state index is 0.300. The molecule has 0 unspecified atom stereocenters. The Kier molecular flexibility index (Phi) is 4.27. The fourth-order valence-corrected chi connectivity index (χ4v) is 1.70. The average Bonchev–Trinajstić information content (AvgIpc) is 2.50. The van der Waals surface area contributed by atoms with E-state index >= 15 is 0 Å². The lowest BCUT2D eigenvalue weighted by Crippen LogP contribution is -2.14. The summed E-state index contributed by atoms with van der Waals surface area (Å²) in [6, 6.07) is 9.52. The molecule has 108 valence electrons. The van der Waals surface area contributed by atoms with Crippen molar-refractivity contribution in [2.75, 3.05) is 12.4 Å². The Morgan fingerprint density at radius 1 is 1.05 bits per heavy atom. The summed E-state index contributed by atoms with van der Waals surface area (Å²) in [6.07, 6.45) is 0. The Morgan fingerprint density at radius 3 is 2.33 bits per heavy atom. The summed E-state index contributed by atoms with van der Waals surface area (Å²) in [6.45, 7) is 0. The van der Waals surface area contributed by atoms with Gasteiger partial charge in [0.05, 0.1) is 18.4 Å². The van der Waals surface area contributed by atoms with Crippen molar-refractivity contribution in [3.63, 3.8) is 0 Å². The third-order valence-electron chi connectivity index (χ3n) is 2.75. The largest absolute Gasteiger partial charge is 0.465 e. The van der Waals surface area contributed by atoms with Gasteiger partial charge in [0.2, 0.25) is 0 Å². The molecule has 1 amide bonds. The minimum atomic E-state index is -1.06. The van der Waals surface area contributed by atoms with E-state index in [2.05, 4.69) is 10.1 Å². The third-order valence-corrected chi connectivity index (χ3v) is 2.75. The second-order valence-corrected chi connectivity index (χ2v) is 4.12. The number of halogens is 2. The number of ether oxygens (including phenoxy) is 1. The zero-order valence-electron chi connectivity index (χ0n) is 11.0. The van der Waals surface area contributed by atoms with Crippen molar-refractivity contribution in [1.29, 1.82) is 0 Å². The summed E-state index contributed by atoms with van der Waals surface area (Å²) in [5.41, 5.74) is -0.450. The number of rotatable bonds is 3. The molecule has 0 radical (unpaired) electrons. The maximum absolute atomic E-state index is 13.7. The van der Waals surface area contributed by atoms with E-state index in [9.17, 15) is 18.4 Å². The summed E-state index contributed by atoms with van der Waals surface area (Å²) in [5.74, 6) is -3.57. The minimum Gasteiger partial charge on any atom is -0.465 e. The summed E-state index contributed by atoms with van der Waals surface area (Å²) < 4.78 is 31.5. The maximum atomic E-state index is 13.7. The van der Waals surface area contributed by atoms with Crippen molar-refractivity contribution in [2.24, 2.45) is 0 Å². The summed E-state index contributed by atoms with van der Waals surface area (Å²) >= 11 is 0. The molecule has 0 heterocycles. The second kappa shape index (κ2) is 6.13. The molecule has 0 aromatic heterocycles. The first-order valence-electron chi connectivity index (χ1n) is 5.96. The van der Waals surface area contributed by atoms with Crippen LogP contribution in [0.4, 0.5) is 14.5 Å². The number of hydrogen-bond acceptors (Lipinski definition) is 3. The smallest absolute Gasteiger partial charge is 0.340 e. The van der Waals surface area contributed by atoms with Crippen LogP contribution in [0.15, 0.2) is 42.5 Å². The van der Waals surface area contributed by atoms with Crippen LogP contribution in [0.1, 0.15) is 20.7 Å². The Hall–Kier alpha value is -2.76. The average molecular weight is 291 g/mol. The van der Waals surface area contributed by atoms with Gasteiger partial charge in [-0.15, -0.1) is 0 Å². The van der Waals surface area contributed by atoms with Crippen LogP contribution in [0, 0.1) is 11.6 Å². The number of esters is 1. The molecular weight excluding hydrogens is 280 g/mol. The Labute approximate surface area is 119 Å². The number of nitrogens with one attached hydrogen (secondary N) is 1. The van der Waals surface area contributed by atoms with E-state index in [-0.39, 0.29) is 5.69 Å². The molecule has 1 N–H and O–H groups in total. The first-order chi connectivity index (χ1) is 10.0. The molecule has 2 aromatic rings. The lowest BCUT2D eigenvalue weighted by Gasteiger charge is -2.09. The second-order valence-electron chi connectivity index (χ2n) is 4.12. The molecule has 0 aliphatic rings. The highest BCUT2D eigenvalue weighted by Crippen LogP contribution is 2.21. The summed E-state index contributed by atoms with van der Waals surface area (Å²) in [4.78, 5) is 23.3. The van der Waals surface area contributed by atoms with Gasteiger partial charge in [-0.05, 0) is 18.2 Å². The topological polar surface area (TPSA) is 55.4 Å². The van der Waals surface area contributed by atoms with Crippen molar-refractivity contribution in [2.45, 2.75) is 0 Å². The van der Waals surface area contributed by atoms with Gasteiger partial charge in [-0.3, -0.25) is 4.79 Å². The molecule has 0 saturated carbocycles. The Morgan fingerprint density at radius 2 is 1.71 bits per heavy atom. The number of anilines is 1. The van der Waals surface area contributed by atoms with E-state index in [0.717, 1.165) is 13.2 Å². The van der Waals surface area contributed by atoms with E-state index in [1.165, 1.54) is 12.1 Å². The molecule has 0 aliphatic heterocycles. The Balaban J connectivity index is 2.32. The molecule has 0 spiro atoms. The van der Waals surface area contributed by atoms with Gasteiger partial charge < -0.3 is 10.1 Å². The van der Waals surface area contributed by atoms with Gasteiger partial charge in [-0.25, -0.2) is 13.6 Å². The number of amides is 1. The van der Waals surface area contributed by atoms with Crippen LogP contribution in [0.5, 0.6) is 0 Å². The van der Waals surface area contributed by atoms with Gasteiger partial charge in [0, 0.05) is 11.6 Å². The van der Waals surface area contributed by atoms with Gasteiger partial charge in [0.25, 0.3) is 5.91 Å². The van der Waals surface area contributed by atoms with Crippen molar-refractivity contribution in [3.8, 4) is 0 Å². The normalized spacial score (nSPS) is 10.0. The first kappa shape index (κ1) is 14.6. The predicted molar refractivity (Wildman–Crippen MR) is 72.1 cm³/mol. The highest BCUT2D eigenvalue weighted by molar-refractivity contribution is 6.04. The molecule has 0 aliphatic carbocycles. The summed E-state index contributed by atoms with van der Waals surface area (Å²) in [7, 11) is 1.08. The van der Waals surface area contributed by atoms with Crippen LogP contribution in [-0.2, 0) is 4.74 Å². The maximum Gasteiger partial charge on any atom is 0.340 e. The van der Waals surface area contributed by atoms with E-state index in [1.807, 2.05) is 0 Å². The van der Waals surface area contributed by atoms with E-state index < -0.39 is 29.1 Å². The zero-order valence-corrected chi connectivity index (χ0v) is 11.0. The molecule has 0 saturated heterocycles. The SMILES string of the molecule is COC(=O)c1cc(NC(=O)c2ccccc2)c(F)cc1F. The van der Waals surface area contributed by atoms with Gasteiger partial charge >= 0.3 is 5.97 Å². The molecule has 21 heavy (non-hydrogen) atoms. The van der Waals surface area contributed by atoms with E-state index in [0.29, 0.717) is 11.6 Å². The highest BCUT2D eigenvalue weighted by Gasteiger charge is 2.18. The lowest BCUT2D eigenvalue weighted by atomic mass is 10.1. The van der Waals surface area contributed by atoms with Gasteiger partial charge in [-0.1, -0.05) is 18.2 Å². The van der Waals surface area contributed by atoms with E-state index in [4.69, 9.17) is 0 Å². The van der Waals surface area contributed by atoms with Gasteiger partial charge in [0.1, 0.15) is 11.6 Å². The quantitative estimate of drug-likeness (QED) is 0.884. The summed E-state index contributed by atoms with van der Waals surface area (Å²) in [5, 5.41) is 2.28. The lowest BCUT2D eigenvalue weighted by molar-refractivity contribution is 0.0595. The molecular formula is C15H11F2NO3. The van der Waals surface area contributed by atoms with Crippen molar-refractivity contribution < 1.29 is 23.1 Å². The monoisotopic (exact) mass is 291 g/mol. The third kappa shape index (κ3) is 3.22. The van der Waals surface area contributed by atoms with Gasteiger partial charge in [0.15, 0.2) is 0 Å². The molecule has 0 atom stereocenters. The van der Waals surface area contributed by atoms with Gasteiger partial charge in [-0.2, -0.15) is 0 Å². The van der Waals surface area contributed by atoms with Crippen LogP contribution < -0.4 is 5.32 Å². The first-order valence-corrected chi connectivity index (χ1v) is 5.96. The van der Waals surface area contributed by atoms with Crippen molar-refractivity contribution in [1.82, 2.24) is 0 Å². The van der Waals surface area contributed by atoms with Crippen LogP contribution in [-0.4, -0.2) is 19.0 Å². The number of methoxy groups -OCH3 is 1. The number of carbonyl (C=O) groups excluding carboxylic acids is 2. The van der Waals surface area contributed by atoms with Crippen molar-refractivity contribution >= 4 is 17.6 Å².